The van der Waals surface area contributed by atoms with Gasteiger partial charge < -0.3 is 0 Å². The van der Waals surface area contributed by atoms with Gasteiger partial charge >= 0.3 is 6.18 Å². The van der Waals surface area contributed by atoms with Gasteiger partial charge in [0.05, 0.1) is 5.56 Å². The smallest absolute Gasteiger partial charge is 0.166 e. The minimum absolute atomic E-state index is 0.0535. The lowest BCUT2D eigenvalue weighted by Gasteiger charge is -2.13. The zero-order valence-corrected chi connectivity index (χ0v) is 12.2. The van der Waals surface area contributed by atoms with Crippen molar-refractivity contribution in [2.24, 2.45) is 0 Å². The molecular weight excluding hydrogens is 332 g/mol. The van der Waals surface area contributed by atoms with Crippen LogP contribution in [0.4, 0.5) is 13.2 Å². The fourth-order valence-corrected chi connectivity index (χ4v) is 2.46. The average molecular weight is 340 g/mol. The summed E-state index contributed by atoms with van der Waals surface area (Å²) in [5, 5.41) is 0.852. The minimum atomic E-state index is -4.41. The molecule has 0 amide bonds. The molecule has 0 saturated heterocycles. The zero-order valence-electron chi connectivity index (χ0n) is 9.94. The second-order valence-corrected chi connectivity index (χ2v) is 5.24. The van der Waals surface area contributed by atoms with E-state index in [1.54, 1.807) is 18.2 Å². The quantitative estimate of drug-likeness (QED) is 0.554. The van der Waals surface area contributed by atoms with Crippen molar-refractivity contribution in [1.82, 2.24) is 0 Å². The number of alkyl halides is 4. The second kappa shape index (κ2) is 5.84. The van der Waals surface area contributed by atoms with Gasteiger partial charge in [-0.3, -0.25) is 0 Å². The summed E-state index contributed by atoms with van der Waals surface area (Å²) in [7, 11) is 0. The number of halogens is 6. The molecule has 0 saturated carbocycles. The second-order valence-electron chi connectivity index (χ2n) is 4.13. The molecule has 2 aromatic carbocycles. The lowest BCUT2D eigenvalue weighted by Crippen LogP contribution is -2.05. The van der Waals surface area contributed by atoms with Crippen LogP contribution in [0.5, 0.6) is 0 Å². The summed E-state index contributed by atoms with van der Waals surface area (Å²) >= 11 is 17.7. The van der Waals surface area contributed by atoms with Gasteiger partial charge in [-0.05, 0) is 41.5 Å². The van der Waals surface area contributed by atoms with Crippen LogP contribution in [0.15, 0.2) is 36.4 Å². The van der Waals surface area contributed by atoms with Crippen LogP contribution in [0.1, 0.15) is 11.1 Å². The first kappa shape index (κ1) is 15.5. The van der Waals surface area contributed by atoms with Gasteiger partial charge in [-0.1, -0.05) is 29.3 Å². The van der Waals surface area contributed by atoms with Crippen LogP contribution >= 0.6 is 34.8 Å². The molecular formula is C14H8Cl3F3. The molecule has 0 aromatic heterocycles. The monoisotopic (exact) mass is 338 g/mol. The van der Waals surface area contributed by atoms with E-state index < -0.39 is 11.7 Å². The minimum Gasteiger partial charge on any atom is -0.166 e. The Labute approximate surface area is 129 Å². The van der Waals surface area contributed by atoms with Crippen molar-refractivity contribution in [2.45, 2.75) is 12.1 Å². The van der Waals surface area contributed by atoms with Crippen molar-refractivity contribution in [3.63, 3.8) is 0 Å². The molecule has 0 unspecified atom stereocenters. The van der Waals surface area contributed by atoms with Crippen LogP contribution in [-0.4, -0.2) is 0 Å². The van der Waals surface area contributed by atoms with Gasteiger partial charge in [-0.2, -0.15) is 13.2 Å². The van der Waals surface area contributed by atoms with Gasteiger partial charge in [0.25, 0.3) is 0 Å². The fraction of sp³-hybridized carbons (Fsp3) is 0.143. The summed E-state index contributed by atoms with van der Waals surface area (Å²) in [6.07, 6.45) is -4.41. The molecule has 0 atom stereocenters. The third kappa shape index (κ3) is 3.22. The van der Waals surface area contributed by atoms with Gasteiger partial charge in [0.1, 0.15) is 0 Å². The largest absolute Gasteiger partial charge is 0.416 e. The molecule has 0 spiro atoms. The summed E-state index contributed by atoms with van der Waals surface area (Å²) in [5.74, 6) is -0.0535. The standard InChI is InChI=1S/C14H8Cl3F3/c15-7-8-5-9(14(18,19)20)1-3-11(8)12-6-10(16)2-4-13(12)17/h1-6H,7H2. The Bertz CT molecular complexity index is 636. The molecule has 106 valence electrons. The Morgan fingerprint density at radius 3 is 2.20 bits per heavy atom. The van der Waals surface area contributed by atoms with E-state index >= 15 is 0 Å². The SMILES string of the molecule is FC(F)(F)c1ccc(-c2cc(Cl)ccc2Cl)c(CCl)c1. The molecule has 0 aliphatic carbocycles. The van der Waals surface area contributed by atoms with Crippen LogP contribution < -0.4 is 0 Å². The number of benzene rings is 2. The van der Waals surface area contributed by atoms with Gasteiger partial charge in [-0.25, -0.2) is 0 Å². The predicted octanol–water partition coefficient (Wildman–Crippen LogP) is 6.42. The molecule has 0 heterocycles. The van der Waals surface area contributed by atoms with E-state index in [-0.39, 0.29) is 5.88 Å². The first-order valence-corrected chi connectivity index (χ1v) is 6.83. The lowest BCUT2D eigenvalue weighted by atomic mass is 9.98. The Morgan fingerprint density at radius 2 is 1.60 bits per heavy atom. The van der Waals surface area contributed by atoms with Crippen molar-refractivity contribution in [2.75, 3.05) is 0 Å². The van der Waals surface area contributed by atoms with Gasteiger partial charge in [0, 0.05) is 21.5 Å². The summed E-state index contributed by atoms with van der Waals surface area (Å²) in [6, 6.07) is 8.19. The molecule has 0 fully saturated rings. The Kier molecular flexibility index (Phi) is 4.52. The number of hydrogen-bond acceptors (Lipinski definition) is 0. The van der Waals surface area contributed by atoms with E-state index in [1.165, 1.54) is 6.07 Å². The highest BCUT2D eigenvalue weighted by Crippen LogP contribution is 2.37. The van der Waals surface area contributed by atoms with Crippen molar-refractivity contribution in [3.8, 4) is 11.1 Å². The molecule has 20 heavy (non-hydrogen) atoms. The van der Waals surface area contributed by atoms with E-state index in [4.69, 9.17) is 34.8 Å². The molecule has 6 heteroatoms. The molecule has 2 aromatic rings. The van der Waals surface area contributed by atoms with E-state index in [9.17, 15) is 13.2 Å². The third-order valence-electron chi connectivity index (χ3n) is 2.80. The maximum absolute atomic E-state index is 12.7. The number of hydrogen-bond donors (Lipinski definition) is 0. The van der Waals surface area contributed by atoms with Crippen LogP contribution in [-0.2, 0) is 12.1 Å². The maximum atomic E-state index is 12.7. The van der Waals surface area contributed by atoms with E-state index in [0.29, 0.717) is 26.7 Å². The maximum Gasteiger partial charge on any atom is 0.416 e. The van der Waals surface area contributed by atoms with Crippen LogP contribution in [0.25, 0.3) is 11.1 Å². The normalized spacial score (nSPS) is 11.7. The Balaban J connectivity index is 2.60. The molecule has 0 nitrogen and oxygen atoms in total. The molecule has 0 aliphatic rings. The van der Waals surface area contributed by atoms with Crippen molar-refractivity contribution in [1.29, 1.82) is 0 Å². The van der Waals surface area contributed by atoms with E-state index in [2.05, 4.69) is 0 Å². The molecule has 0 bridgehead atoms. The highest BCUT2D eigenvalue weighted by molar-refractivity contribution is 6.35. The summed E-state index contributed by atoms with van der Waals surface area (Å²) in [4.78, 5) is 0. The van der Waals surface area contributed by atoms with Gasteiger partial charge in [0.15, 0.2) is 0 Å². The first-order valence-electron chi connectivity index (χ1n) is 5.54. The molecule has 0 aliphatic heterocycles. The highest BCUT2D eigenvalue weighted by atomic mass is 35.5. The summed E-state index contributed by atoms with van der Waals surface area (Å²) in [6.45, 7) is 0. The first-order chi connectivity index (χ1) is 9.32. The van der Waals surface area contributed by atoms with E-state index in [0.717, 1.165) is 12.1 Å². The zero-order chi connectivity index (χ0) is 14.9. The third-order valence-corrected chi connectivity index (χ3v) is 3.65. The van der Waals surface area contributed by atoms with Crippen LogP contribution in [0, 0.1) is 0 Å². The Hall–Kier alpha value is -0.900. The topological polar surface area (TPSA) is 0 Å². The summed E-state index contributed by atoms with van der Waals surface area (Å²) < 4.78 is 38.1. The van der Waals surface area contributed by atoms with Gasteiger partial charge in [0.2, 0.25) is 0 Å². The predicted molar refractivity (Wildman–Crippen MR) is 76.5 cm³/mol. The van der Waals surface area contributed by atoms with Crippen molar-refractivity contribution >= 4 is 34.8 Å². The highest BCUT2D eigenvalue weighted by Gasteiger charge is 2.31. The van der Waals surface area contributed by atoms with Crippen molar-refractivity contribution < 1.29 is 13.2 Å². The number of rotatable bonds is 2. The summed E-state index contributed by atoms with van der Waals surface area (Å²) in [5.41, 5.74) is 0.713. The van der Waals surface area contributed by atoms with Crippen molar-refractivity contribution in [3.05, 3.63) is 57.6 Å². The fourth-order valence-electron chi connectivity index (χ4n) is 1.85. The molecule has 0 N–H and O–H groups in total. The molecule has 2 rings (SSSR count). The van der Waals surface area contributed by atoms with Crippen LogP contribution in [0.2, 0.25) is 10.0 Å². The molecule has 0 radical (unpaired) electrons. The Morgan fingerprint density at radius 1 is 0.900 bits per heavy atom. The average Bonchev–Trinajstić information content (AvgIpc) is 2.40. The van der Waals surface area contributed by atoms with Crippen LogP contribution in [0.3, 0.4) is 0 Å². The van der Waals surface area contributed by atoms with E-state index in [1.807, 2.05) is 0 Å². The van der Waals surface area contributed by atoms with Gasteiger partial charge in [-0.15, -0.1) is 11.6 Å². The lowest BCUT2D eigenvalue weighted by molar-refractivity contribution is -0.137.